The summed E-state index contributed by atoms with van der Waals surface area (Å²) in [5, 5.41) is 13.9. The number of morpholine rings is 1. The normalized spacial score (nSPS) is 15.6. The van der Waals surface area contributed by atoms with Crippen LogP contribution < -0.4 is 21.3 Å². The third-order valence-corrected chi connectivity index (χ3v) is 5.65. The van der Waals surface area contributed by atoms with Crippen LogP contribution in [0.2, 0.25) is 0 Å². The van der Waals surface area contributed by atoms with Crippen molar-refractivity contribution in [3.05, 3.63) is 50.7 Å². The Kier molecular flexibility index (Phi) is 7.11. The van der Waals surface area contributed by atoms with E-state index in [-0.39, 0.29) is 24.3 Å². The maximum Gasteiger partial charge on any atom is 0.329 e. The summed E-state index contributed by atoms with van der Waals surface area (Å²) in [5.74, 6) is 1.08. The van der Waals surface area contributed by atoms with E-state index in [9.17, 15) is 14.7 Å². The van der Waals surface area contributed by atoms with E-state index >= 15 is 0 Å². The highest BCUT2D eigenvalue weighted by atomic mass is 16.5. The molecule has 0 spiro atoms. The van der Waals surface area contributed by atoms with Crippen LogP contribution in [0.5, 0.6) is 5.75 Å². The van der Waals surface area contributed by atoms with Crippen molar-refractivity contribution in [3.8, 4) is 5.75 Å². The molecule has 1 aliphatic heterocycles. The molecule has 0 unspecified atom stereocenters. The van der Waals surface area contributed by atoms with E-state index in [1.807, 2.05) is 31.2 Å². The highest BCUT2D eigenvalue weighted by Gasteiger charge is 2.20. The van der Waals surface area contributed by atoms with Crippen LogP contribution in [0.4, 0.5) is 5.95 Å². The standard InChI is InChI=1S/C22H30N6O5/c1-15-4-3-5-17(12-15)33-14-16(29)13-28-18-19(26(2)22(31)25-20(18)30)24-21(28)23-6-7-27-8-10-32-11-9-27/h3-5,12,16,29H,6-11,13-14H2,1-2H3,(H,23,24)(H,25,30,31)/t16-/m0/s1. The summed E-state index contributed by atoms with van der Waals surface area (Å²) in [7, 11) is 1.55. The summed E-state index contributed by atoms with van der Waals surface area (Å²) >= 11 is 0. The number of aliphatic hydroxyl groups is 1. The van der Waals surface area contributed by atoms with E-state index in [2.05, 4.69) is 20.2 Å². The number of rotatable bonds is 9. The van der Waals surface area contributed by atoms with Gasteiger partial charge in [0.15, 0.2) is 11.2 Å². The van der Waals surface area contributed by atoms with E-state index in [0.717, 1.165) is 25.2 Å². The minimum atomic E-state index is -0.903. The Balaban J connectivity index is 1.53. The van der Waals surface area contributed by atoms with Gasteiger partial charge in [0.2, 0.25) is 5.95 Å². The first-order chi connectivity index (χ1) is 15.9. The second-order valence-corrected chi connectivity index (χ2v) is 8.20. The van der Waals surface area contributed by atoms with E-state index in [4.69, 9.17) is 9.47 Å². The highest BCUT2D eigenvalue weighted by molar-refractivity contribution is 5.74. The fraction of sp³-hybridized carbons (Fsp3) is 0.500. The van der Waals surface area contributed by atoms with Crippen LogP contribution >= 0.6 is 0 Å². The van der Waals surface area contributed by atoms with Gasteiger partial charge in [-0.2, -0.15) is 4.98 Å². The number of benzene rings is 1. The number of aromatic amines is 1. The molecule has 3 heterocycles. The zero-order valence-electron chi connectivity index (χ0n) is 18.9. The zero-order valence-corrected chi connectivity index (χ0v) is 18.9. The number of aromatic nitrogens is 4. The maximum atomic E-state index is 12.6. The number of anilines is 1. The molecule has 0 amide bonds. The van der Waals surface area contributed by atoms with Crippen molar-refractivity contribution >= 4 is 17.1 Å². The number of H-pyrrole nitrogens is 1. The van der Waals surface area contributed by atoms with Crippen molar-refractivity contribution in [2.24, 2.45) is 7.05 Å². The van der Waals surface area contributed by atoms with Crippen molar-refractivity contribution in [3.63, 3.8) is 0 Å². The van der Waals surface area contributed by atoms with Gasteiger partial charge in [-0.05, 0) is 24.6 Å². The van der Waals surface area contributed by atoms with Crippen molar-refractivity contribution in [2.75, 3.05) is 51.3 Å². The average molecular weight is 459 g/mol. The van der Waals surface area contributed by atoms with Gasteiger partial charge in [0.25, 0.3) is 5.56 Å². The fourth-order valence-corrected chi connectivity index (χ4v) is 3.86. The Morgan fingerprint density at radius 3 is 2.85 bits per heavy atom. The summed E-state index contributed by atoms with van der Waals surface area (Å²) in [4.78, 5) is 33.7. The van der Waals surface area contributed by atoms with Crippen LogP contribution in [-0.2, 0) is 18.3 Å². The topological polar surface area (TPSA) is 127 Å². The van der Waals surface area contributed by atoms with E-state index in [1.54, 1.807) is 11.6 Å². The summed E-state index contributed by atoms with van der Waals surface area (Å²) in [6.45, 7) is 6.59. The smallest absolute Gasteiger partial charge is 0.329 e. The predicted octanol–water partition coefficient (Wildman–Crippen LogP) is -0.0843. The number of ether oxygens (including phenoxy) is 2. The SMILES string of the molecule is Cc1cccc(OC[C@@H](O)Cn2c(NCCN3CCOCC3)nc3c2c(=O)[nH]c(=O)n3C)c1. The largest absolute Gasteiger partial charge is 0.491 e. The van der Waals surface area contributed by atoms with Gasteiger partial charge in [0.05, 0.1) is 19.8 Å². The lowest BCUT2D eigenvalue weighted by molar-refractivity contribution is 0.0398. The molecule has 3 aromatic rings. The fourth-order valence-electron chi connectivity index (χ4n) is 3.86. The maximum absolute atomic E-state index is 12.6. The van der Waals surface area contributed by atoms with Crippen molar-refractivity contribution in [1.29, 1.82) is 0 Å². The lowest BCUT2D eigenvalue weighted by atomic mass is 10.2. The van der Waals surface area contributed by atoms with Crippen LogP contribution in [0.3, 0.4) is 0 Å². The first-order valence-corrected chi connectivity index (χ1v) is 11.0. The molecule has 0 bridgehead atoms. The Labute approximate surface area is 190 Å². The average Bonchev–Trinajstić information content (AvgIpc) is 3.15. The first-order valence-electron chi connectivity index (χ1n) is 11.0. The summed E-state index contributed by atoms with van der Waals surface area (Å²) < 4.78 is 14.0. The molecule has 11 heteroatoms. The molecular formula is C22H30N6O5. The van der Waals surface area contributed by atoms with Crippen LogP contribution in [0.25, 0.3) is 11.2 Å². The van der Waals surface area contributed by atoms with Crippen molar-refractivity contribution in [2.45, 2.75) is 19.6 Å². The molecule has 1 fully saturated rings. The van der Waals surface area contributed by atoms with Gasteiger partial charge >= 0.3 is 5.69 Å². The third kappa shape index (κ3) is 5.44. The molecule has 11 nitrogen and oxygen atoms in total. The number of nitrogens with zero attached hydrogens (tertiary/aromatic N) is 4. The van der Waals surface area contributed by atoms with Gasteiger partial charge in [0.1, 0.15) is 18.5 Å². The van der Waals surface area contributed by atoms with Crippen LogP contribution in [0, 0.1) is 6.92 Å². The van der Waals surface area contributed by atoms with Crippen molar-refractivity contribution in [1.82, 2.24) is 24.0 Å². The molecule has 3 N–H and O–H groups in total. The number of imidazole rings is 1. The quantitative estimate of drug-likeness (QED) is 0.406. The Bertz CT molecular complexity index is 1210. The summed E-state index contributed by atoms with van der Waals surface area (Å²) in [6.07, 6.45) is -0.903. The van der Waals surface area contributed by atoms with Gasteiger partial charge in [0, 0.05) is 33.2 Å². The second-order valence-electron chi connectivity index (χ2n) is 8.20. The Hall–Kier alpha value is -3.15. The van der Waals surface area contributed by atoms with E-state index in [0.29, 0.717) is 31.5 Å². The number of aliphatic hydroxyl groups excluding tert-OH is 1. The molecule has 1 aromatic carbocycles. The molecule has 1 saturated heterocycles. The number of fused-ring (bicyclic) bond motifs is 1. The van der Waals surface area contributed by atoms with Crippen LogP contribution in [-0.4, -0.2) is 81.2 Å². The first kappa shape index (κ1) is 23.0. The number of aryl methyl sites for hydroxylation is 2. The number of nitrogens with one attached hydrogen (secondary N) is 2. The number of hydrogen-bond acceptors (Lipinski definition) is 8. The van der Waals surface area contributed by atoms with E-state index in [1.165, 1.54) is 4.57 Å². The lowest BCUT2D eigenvalue weighted by Gasteiger charge is -2.26. The number of hydrogen-bond donors (Lipinski definition) is 3. The molecule has 0 saturated carbocycles. The minimum Gasteiger partial charge on any atom is -0.491 e. The molecule has 1 atom stereocenters. The Morgan fingerprint density at radius 2 is 2.09 bits per heavy atom. The van der Waals surface area contributed by atoms with Crippen molar-refractivity contribution < 1.29 is 14.6 Å². The monoisotopic (exact) mass is 458 g/mol. The van der Waals surface area contributed by atoms with Gasteiger partial charge in [-0.15, -0.1) is 0 Å². The second kappa shape index (κ2) is 10.2. The van der Waals surface area contributed by atoms with Gasteiger partial charge in [-0.25, -0.2) is 4.79 Å². The molecule has 0 aliphatic carbocycles. The Morgan fingerprint density at radius 1 is 1.30 bits per heavy atom. The van der Waals surface area contributed by atoms with Crippen LogP contribution in [0.15, 0.2) is 33.9 Å². The molecule has 2 aromatic heterocycles. The van der Waals surface area contributed by atoms with Gasteiger partial charge in [-0.3, -0.25) is 19.2 Å². The molecule has 4 rings (SSSR count). The predicted molar refractivity (Wildman–Crippen MR) is 124 cm³/mol. The third-order valence-electron chi connectivity index (χ3n) is 5.65. The lowest BCUT2D eigenvalue weighted by Crippen LogP contribution is -2.39. The minimum absolute atomic E-state index is 0.0417. The van der Waals surface area contributed by atoms with E-state index < -0.39 is 17.4 Å². The van der Waals surface area contributed by atoms with Gasteiger partial charge < -0.3 is 24.5 Å². The molecule has 33 heavy (non-hydrogen) atoms. The molecule has 178 valence electrons. The summed E-state index contributed by atoms with van der Waals surface area (Å²) in [5.41, 5.74) is 0.445. The highest BCUT2D eigenvalue weighted by Crippen LogP contribution is 2.17. The summed E-state index contributed by atoms with van der Waals surface area (Å²) in [6, 6.07) is 7.56. The molecule has 1 aliphatic rings. The zero-order chi connectivity index (χ0) is 23.4. The van der Waals surface area contributed by atoms with Gasteiger partial charge in [-0.1, -0.05) is 12.1 Å². The molecule has 0 radical (unpaired) electrons. The molecular weight excluding hydrogens is 428 g/mol. The van der Waals surface area contributed by atoms with Crippen LogP contribution in [0.1, 0.15) is 5.56 Å².